The Morgan fingerprint density at radius 3 is 2.31 bits per heavy atom. The highest BCUT2D eigenvalue weighted by atomic mass is 32.2. The molecule has 2 heterocycles. The van der Waals surface area contributed by atoms with Crippen molar-refractivity contribution in [2.75, 3.05) is 80.6 Å². The number of ether oxygens (including phenoxy) is 3. The van der Waals surface area contributed by atoms with Crippen molar-refractivity contribution in [1.29, 1.82) is 0 Å². The molecule has 0 atom stereocenters. The molecular weight excluding hydrogens is 466 g/mol. The van der Waals surface area contributed by atoms with Crippen LogP contribution in [0.15, 0.2) is 36.4 Å². The van der Waals surface area contributed by atoms with Crippen LogP contribution in [-0.2, 0) is 20.0 Å². The molecular formula is C26H33N3O5S. The van der Waals surface area contributed by atoms with Gasteiger partial charge in [-0.05, 0) is 43.3 Å². The minimum Gasteiger partial charge on any atom is -0.496 e. The molecule has 2 aromatic rings. The van der Waals surface area contributed by atoms with Crippen molar-refractivity contribution in [2.45, 2.75) is 12.7 Å². The Hall–Kier alpha value is -2.75. The van der Waals surface area contributed by atoms with Gasteiger partial charge in [-0.15, -0.1) is 11.8 Å². The molecule has 1 amide bonds. The second-order valence-electron chi connectivity index (χ2n) is 8.52. The summed E-state index contributed by atoms with van der Waals surface area (Å²) in [5.41, 5.74) is 4.51. The van der Waals surface area contributed by atoms with Gasteiger partial charge in [0.2, 0.25) is 5.91 Å². The van der Waals surface area contributed by atoms with Crippen LogP contribution in [-0.4, -0.2) is 77.2 Å². The fourth-order valence-electron chi connectivity index (χ4n) is 4.26. The van der Waals surface area contributed by atoms with E-state index in [9.17, 15) is 9.59 Å². The van der Waals surface area contributed by atoms with E-state index in [1.54, 1.807) is 26.2 Å². The van der Waals surface area contributed by atoms with Crippen LogP contribution in [0.1, 0.15) is 22.8 Å². The second kappa shape index (κ2) is 12.3. The van der Waals surface area contributed by atoms with E-state index in [1.165, 1.54) is 11.8 Å². The maximum atomic E-state index is 12.9. The number of carbonyl (C=O) groups excluding carboxylic acids is 2. The SMILES string of the molecule is COc1ccc(C(C)=O)cc1CSCC(=O)Nc1ccc(N2CCOCC2)cc1N1CCOCC1. The average molecular weight is 500 g/mol. The van der Waals surface area contributed by atoms with E-state index in [4.69, 9.17) is 14.2 Å². The minimum absolute atomic E-state index is 0.00724. The number of nitrogens with zero attached hydrogens (tertiary/aromatic N) is 2. The summed E-state index contributed by atoms with van der Waals surface area (Å²) in [6.45, 7) is 7.64. The number of hydrogen-bond donors (Lipinski definition) is 1. The molecule has 8 nitrogen and oxygen atoms in total. The summed E-state index contributed by atoms with van der Waals surface area (Å²) in [5.74, 6) is 1.53. The van der Waals surface area contributed by atoms with Gasteiger partial charge in [-0.3, -0.25) is 9.59 Å². The molecule has 0 aliphatic carbocycles. The third-order valence-electron chi connectivity index (χ3n) is 6.16. The number of Topliss-reactive ketones (excluding diaryl/α,β-unsaturated/α-hetero) is 1. The summed E-state index contributed by atoms with van der Waals surface area (Å²) >= 11 is 1.49. The summed E-state index contributed by atoms with van der Waals surface area (Å²) in [4.78, 5) is 29.2. The number of amides is 1. The van der Waals surface area contributed by atoms with Gasteiger partial charge in [0.1, 0.15) is 5.75 Å². The van der Waals surface area contributed by atoms with Crippen LogP contribution in [0, 0.1) is 0 Å². The molecule has 2 aliphatic rings. The Morgan fingerprint density at radius 1 is 0.971 bits per heavy atom. The standard InChI is InChI=1S/C26H33N3O5S/c1-19(30)20-3-6-25(32-2)21(15-20)17-35-18-26(31)27-23-5-4-22(28-7-11-33-12-8-28)16-24(23)29-9-13-34-14-10-29/h3-6,15-16H,7-14,17-18H2,1-2H3,(H,27,31). The Labute approximate surface area is 210 Å². The fraction of sp³-hybridized carbons (Fsp3) is 0.462. The highest BCUT2D eigenvalue weighted by Crippen LogP contribution is 2.32. The van der Waals surface area contributed by atoms with E-state index in [0.29, 0.717) is 30.3 Å². The molecule has 2 fully saturated rings. The molecule has 188 valence electrons. The van der Waals surface area contributed by atoms with Gasteiger partial charge in [-0.25, -0.2) is 0 Å². The van der Waals surface area contributed by atoms with E-state index < -0.39 is 0 Å². The van der Waals surface area contributed by atoms with Crippen molar-refractivity contribution >= 4 is 40.5 Å². The zero-order chi connectivity index (χ0) is 24.6. The monoisotopic (exact) mass is 499 g/mol. The first-order valence-corrected chi connectivity index (χ1v) is 13.1. The van der Waals surface area contributed by atoms with Crippen LogP contribution in [0.2, 0.25) is 0 Å². The molecule has 35 heavy (non-hydrogen) atoms. The second-order valence-corrected chi connectivity index (χ2v) is 9.51. The smallest absolute Gasteiger partial charge is 0.234 e. The fourth-order valence-corrected chi connectivity index (χ4v) is 5.07. The third-order valence-corrected chi connectivity index (χ3v) is 7.14. The van der Waals surface area contributed by atoms with E-state index in [1.807, 2.05) is 12.1 Å². The van der Waals surface area contributed by atoms with E-state index in [0.717, 1.165) is 67.8 Å². The molecule has 2 saturated heterocycles. The van der Waals surface area contributed by atoms with Crippen LogP contribution in [0.3, 0.4) is 0 Å². The van der Waals surface area contributed by atoms with E-state index >= 15 is 0 Å². The third kappa shape index (κ3) is 6.68. The molecule has 0 bridgehead atoms. The van der Waals surface area contributed by atoms with Gasteiger partial charge in [0.25, 0.3) is 0 Å². The maximum absolute atomic E-state index is 12.9. The normalized spacial score (nSPS) is 16.2. The Bertz CT molecular complexity index is 1040. The quantitative estimate of drug-likeness (QED) is 0.526. The number of hydrogen-bond acceptors (Lipinski definition) is 8. The van der Waals surface area contributed by atoms with Gasteiger partial charge in [0.05, 0.1) is 50.7 Å². The predicted molar refractivity (Wildman–Crippen MR) is 140 cm³/mol. The lowest BCUT2D eigenvalue weighted by atomic mass is 10.1. The van der Waals surface area contributed by atoms with Gasteiger partial charge in [-0.2, -0.15) is 0 Å². The molecule has 0 radical (unpaired) electrons. The maximum Gasteiger partial charge on any atom is 0.234 e. The number of morpholine rings is 2. The topological polar surface area (TPSA) is 80.3 Å². The summed E-state index contributed by atoms with van der Waals surface area (Å²) in [7, 11) is 1.61. The van der Waals surface area contributed by atoms with E-state index in [2.05, 4.69) is 27.2 Å². The number of methoxy groups -OCH3 is 1. The molecule has 0 spiro atoms. The van der Waals surface area contributed by atoms with Gasteiger partial charge in [-0.1, -0.05) is 0 Å². The van der Waals surface area contributed by atoms with Crippen LogP contribution >= 0.6 is 11.8 Å². The highest BCUT2D eigenvalue weighted by Gasteiger charge is 2.20. The Morgan fingerprint density at radius 2 is 1.66 bits per heavy atom. The molecule has 0 aromatic heterocycles. The first-order chi connectivity index (χ1) is 17.0. The first-order valence-electron chi connectivity index (χ1n) is 11.9. The molecule has 9 heteroatoms. The number of nitrogens with one attached hydrogen (secondary N) is 1. The Kier molecular flexibility index (Phi) is 8.90. The lowest BCUT2D eigenvalue weighted by Crippen LogP contribution is -2.38. The van der Waals surface area contributed by atoms with Crippen molar-refractivity contribution in [2.24, 2.45) is 0 Å². The highest BCUT2D eigenvalue weighted by molar-refractivity contribution is 7.99. The summed E-state index contributed by atoms with van der Waals surface area (Å²) < 4.78 is 16.5. The van der Waals surface area contributed by atoms with Crippen LogP contribution < -0.4 is 19.9 Å². The minimum atomic E-state index is -0.0645. The zero-order valence-corrected chi connectivity index (χ0v) is 21.2. The zero-order valence-electron chi connectivity index (χ0n) is 20.4. The number of rotatable bonds is 9. The molecule has 0 saturated carbocycles. The lowest BCUT2D eigenvalue weighted by Gasteiger charge is -2.33. The summed E-state index contributed by atoms with van der Waals surface area (Å²) in [6, 6.07) is 11.6. The number of carbonyl (C=O) groups is 2. The predicted octanol–water partition coefficient (Wildman–Crippen LogP) is 3.44. The Balaban J connectivity index is 1.42. The number of benzene rings is 2. The van der Waals surface area contributed by atoms with Gasteiger partial charge in [0.15, 0.2) is 5.78 Å². The van der Waals surface area contributed by atoms with Crippen molar-refractivity contribution in [3.05, 3.63) is 47.5 Å². The lowest BCUT2D eigenvalue weighted by molar-refractivity contribution is -0.113. The van der Waals surface area contributed by atoms with Crippen LogP contribution in [0.5, 0.6) is 5.75 Å². The molecule has 2 aliphatic heterocycles. The van der Waals surface area contributed by atoms with Crippen molar-refractivity contribution in [3.63, 3.8) is 0 Å². The number of anilines is 3. The number of ketones is 1. The molecule has 4 rings (SSSR count). The van der Waals surface area contributed by atoms with Crippen molar-refractivity contribution in [1.82, 2.24) is 0 Å². The van der Waals surface area contributed by atoms with Crippen molar-refractivity contribution < 1.29 is 23.8 Å². The first kappa shape index (κ1) is 25.3. The largest absolute Gasteiger partial charge is 0.496 e. The van der Waals surface area contributed by atoms with Gasteiger partial charge >= 0.3 is 0 Å². The molecule has 2 aromatic carbocycles. The van der Waals surface area contributed by atoms with Crippen molar-refractivity contribution in [3.8, 4) is 5.75 Å². The summed E-state index contributed by atoms with van der Waals surface area (Å²) in [6.07, 6.45) is 0. The summed E-state index contributed by atoms with van der Waals surface area (Å²) in [5, 5.41) is 3.11. The van der Waals surface area contributed by atoms with Gasteiger partial charge < -0.3 is 29.3 Å². The molecule has 1 N–H and O–H groups in total. The molecule has 0 unspecified atom stereocenters. The average Bonchev–Trinajstić information content (AvgIpc) is 2.89. The van der Waals surface area contributed by atoms with Crippen LogP contribution in [0.4, 0.5) is 17.1 Å². The van der Waals surface area contributed by atoms with E-state index in [-0.39, 0.29) is 11.7 Å². The van der Waals surface area contributed by atoms with Crippen LogP contribution in [0.25, 0.3) is 0 Å². The van der Waals surface area contributed by atoms with Gasteiger partial charge in [0, 0.05) is 48.7 Å². The number of thioether (sulfide) groups is 1.